The zero-order valence-electron chi connectivity index (χ0n) is 16.4. The first-order valence-electron chi connectivity index (χ1n) is 8.69. The second-order valence-electron chi connectivity index (χ2n) is 6.05. The number of hydrogen-bond donors (Lipinski definition) is 3. The van der Waals surface area contributed by atoms with E-state index in [0.717, 1.165) is 6.08 Å². The summed E-state index contributed by atoms with van der Waals surface area (Å²) in [6.45, 7) is -0.295. The standard InChI is InChI=1S/C21H24O8/c1-26-18-8-6-14(11-19(18)27-2)21(28-3)17(24)12-29-20(25)9-5-13-4-7-15(22)16(23)10-13/h4-11,17,21-24H,12H2,1-3H3/b9-5+/t17-,21-/m0/s1. The van der Waals surface area contributed by atoms with E-state index in [9.17, 15) is 20.1 Å². The fourth-order valence-electron chi connectivity index (χ4n) is 2.66. The van der Waals surface area contributed by atoms with E-state index < -0.39 is 18.2 Å². The molecule has 0 aliphatic rings. The zero-order chi connectivity index (χ0) is 21.4. The van der Waals surface area contributed by atoms with Crippen LogP contribution >= 0.6 is 0 Å². The maximum Gasteiger partial charge on any atom is 0.330 e. The van der Waals surface area contributed by atoms with Gasteiger partial charge in [0.2, 0.25) is 0 Å². The Labute approximate surface area is 168 Å². The Hall–Kier alpha value is -3.23. The predicted octanol–water partition coefficient (Wildman–Crippen LogP) is 2.42. The van der Waals surface area contributed by atoms with E-state index in [-0.39, 0.29) is 18.1 Å². The van der Waals surface area contributed by atoms with Gasteiger partial charge < -0.3 is 34.3 Å². The molecule has 2 rings (SSSR count). The summed E-state index contributed by atoms with van der Waals surface area (Å²) in [5.74, 6) is -0.213. The van der Waals surface area contributed by atoms with Crippen LogP contribution in [0, 0.1) is 0 Å². The summed E-state index contributed by atoms with van der Waals surface area (Å²) in [7, 11) is 4.46. The molecule has 8 nitrogen and oxygen atoms in total. The molecular weight excluding hydrogens is 380 g/mol. The molecule has 0 spiro atoms. The van der Waals surface area contributed by atoms with Gasteiger partial charge in [-0.05, 0) is 41.5 Å². The summed E-state index contributed by atoms with van der Waals surface area (Å²) in [5.41, 5.74) is 1.13. The van der Waals surface area contributed by atoms with Gasteiger partial charge in [0.05, 0.1) is 14.2 Å². The van der Waals surface area contributed by atoms with Crippen LogP contribution < -0.4 is 9.47 Å². The highest BCUT2D eigenvalue weighted by atomic mass is 16.5. The number of benzene rings is 2. The van der Waals surface area contributed by atoms with Gasteiger partial charge >= 0.3 is 5.97 Å². The molecule has 2 atom stereocenters. The maximum atomic E-state index is 11.9. The second kappa shape index (κ2) is 10.4. The summed E-state index contributed by atoms with van der Waals surface area (Å²) in [4.78, 5) is 11.9. The number of aromatic hydroxyl groups is 2. The number of esters is 1. The summed E-state index contributed by atoms with van der Waals surface area (Å²) in [6.07, 6.45) is 0.695. The molecule has 0 heterocycles. The van der Waals surface area contributed by atoms with Crippen molar-refractivity contribution in [1.29, 1.82) is 0 Å². The Kier molecular flexibility index (Phi) is 7.88. The maximum absolute atomic E-state index is 11.9. The van der Waals surface area contributed by atoms with Crippen LogP contribution in [0.5, 0.6) is 23.0 Å². The van der Waals surface area contributed by atoms with E-state index in [4.69, 9.17) is 18.9 Å². The normalized spacial score (nSPS) is 13.1. The van der Waals surface area contributed by atoms with Crippen LogP contribution in [-0.2, 0) is 14.3 Å². The fourth-order valence-corrected chi connectivity index (χ4v) is 2.66. The zero-order valence-corrected chi connectivity index (χ0v) is 16.4. The van der Waals surface area contributed by atoms with Crippen molar-refractivity contribution in [3.8, 4) is 23.0 Å². The smallest absolute Gasteiger partial charge is 0.330 e. The van der Waals surface area contributed by atoms with Crippen molar-refractivity contribution in [2.75, 3.05) is 27.9 Å². The van der Waals surface area contributed by atoms with Crippen LogP contribution in [0.1, 0.15) is 17.2 Å². The number of ether oxygens (including phenoxy) is 4. The van der Waals surface area contributed by atoms with E-state index in [1.165, 1.54) is 45.6 Å². The van der Waals surface area contributed by atoms with E-state index in [2.05, 4.69) is 0 Å². The predicted molar refractivity (Wildman–Crippen MR) is 105 cm³/mol. The largest absolute Gasteiger partial charge is 0.504 e. The van der Waals surface area contributed by atoms with Gasteiger partial charge in [0.1, 0.15) is 18.8 Å². The molecule has 0 aromatic heterocycles. The average molecular weight is 404 g/mol. The molecule has 2 aromatic carbocycles. The van der Waals surface area contributed by atoms with Crippen molar-refractivity contribution in [3.05, 3.63) is 53.6 Å². The lowest BCUT2D eigenvalue weighted by molar-refractivity contribution is -0.143. The molecule has 0 bridgehead atoms. The van der Waals surface area contributed by atoms with Gasteiger partial charge in [-0.2, -0.15) is 0 Å². The molecule has 0 aliphatic carbocycles. The minimum absolute atomic E-state index is 0.256. The number of methoxy groups -OCH3 is 3. The molecule has 8 heteroatoms. The number of phenolic OH excluding ortho intramolecular Hbond substituents is 2. The molecule has 29 heavy (non-hydrogen) atoms. The van der Waals surface area contributed by atoms with Crippen LogP contribution in [0.2, 0.25) is 0 Å². The Morgan fingerprint density at radius 3 is 2.34 bits per heavy atom. The molecule has 0 amide bonds. The molecular formula is C21H24O8. The molecule has 156 valence electrons. The third-order valence-corrected chi connectivity index (χ3v) is 4.15. The number of aliphatic hydroxyl groups is 1. The van der Waals surface area contributed by atoms with E-state index in [1.807, 2.05) is 0 Å². The molecule has 0 unspecified atom stereocenters. The van der Waals surface area contributed by atoms with Crippen LogP contribution in [0.3, 0.4) is 0 Å². The molecule has 2 aromatic rings. The number of hydrogen-bond acceptors (Lipinski definition) is 8. The first kappa shape index (κ1) is 22.1. The Morgan fingerprint density at radius 1 is 1.00 bits per heavy atom. The lowest BCUT2D eigenvalue weighted by atomic mass is 10.0. The molecule has 0 fully saturated rings. The van der Waals surface area contributed by atoms with Crippen molar-refractivity contribution in [3.63, 3.8) is 0 Å². The van der Waals surface area contributed by atoms with Crippen molar-refractivity contribution in [2.45, 2.75) is 12.2 Å². The van der Waals surface area contributed by atoms with Crippen LogP contribution in [-0.4, -0.2) is 55.3 Å². The summed E-state index contributed by atoms with van der Waals surface area (Å²) in [5, 5.41) is 29.1. The SMILES string of the molecule is COc1ccc([C@H](OC)[C@@H](O)COC(=O)/C=C/c2ccc(O)c(O)c2)cc1OC. The van der Waals surface area contributed by atoms with Crippen LogP contribution in [0.25, 0.3) is 6.08 Å². The summed E-state index contributed by atoms with van der Waals surface area (Å²) >= 11 is 0. The van der Waals surface area contributed by atoms with Gasteiger partial charge in [-0.3, -0.25) is 0 Å². The molecule has 0 saturated carbocycles. The van der Waals surface area contributed by atoms with Crippen molar-refractivity contribution in [1.82, 2.24) is 0 Å². The lowest BCUT2D eigenvalue weighted by Crippen LogP contribution is -2.26. The summed E-state index contributed by atoms with van der Waals surface area (Å²) in [6, 6.07) is 9.20. The van der Waals surface area contributed by atoms with Gasteiger partial charge in [-0.25, -0.2) is 4.79 Å². The fraction of sp³-hybridized carbons (Fsp3) is 0.286. The second-order valence-corrected chi connectivity index (χ2v) is 6.05. The number of carbonyl (C=O) groups excluding carboxylic acids is 1. The Morgan fingerprint density at radius 2 is 1.72 bits per heavy atom. The summed E-state index contributed by atoms with van der Waals surface area (Å²) < 4.78 is 20.8. The van der Waals surface area contributed by atoms with Crippen molar-refractivity contribution in [2.24, 2.45) is 0 Å². The minimum atomic E-state index is -1.12. The lowest BCUT2D eigenvalue weighted by Gasteiger charge is -2.22. The highest BCUT2D eigenvalue weighted by molar-refractivity contribution is 5.87. The topological polar surface area (TPSA) is 115 Å². The quantitative estimate of drug-likeness (QED) is 0.332. The van der Waals surface area contributed by atoms with Crippen molar-refractivity contribution < 1.29 is 39.1 Å². The van der Waals surface area contributed by atoms with E-state index in [1.54, 1.807) is 18.2 Å². The first-order valence-corrected chi connectivity index (χ1v) is 8.69. The highest BCUT2D eigenvalue weighted by Gasteiger charge is 2.23. The van der Waals surface area contributed by atoms with Crippen molar-refractivity contribution >= 4 is 12.0 Å². The van der Waals surface area contributed by atoms with Gasteiger partial charge in [0.25, 0.3) is 0 Å². The highest BCUT2D eigenvalue weighted by Crippen LogP contribution is 2.32. The van der Waals surface area contributed by atoms with Crippen LogP contribution in [0.15, 0.2) is 42.5 Å². The molecule has 0 aliphatic heterocycles. The number of carbonyl (C=O) groups is 1. The third-order valence-electron chi connectivity index (χ3n) is 4.15. The number of phenols is 2. The van der Waals surface area contributed by atoms with Gasteiger partial charge in [0, 0.05) is 13.2 Å². The Balaban J connectivity index is 1.98. The van der Waals surface area contributed by atoms with Gasteiger partial charge in [-0.1, -0.05) is 12.1 Å². The number of aliphatic hydroxyl groups excluding tert-OH is 1. The van der Waals surface area contributed by atoms with E-state index in [0.29, 0.717) is 22.6 Å². The van der Waals surface area contributed by atoms with E-state index >= 15 is 0 Å². The Bertz CT molecular complexity index is 862. The monoisotopic (exact) mass is 404 g/mol. The van der Waals surface area contributed by atoms with Crippen LogP contribution in [0.4, 0.5) is 0 Å². The number of rotatable bonds is 9. The third kappa shape index (κ3) is 5.87. The molecule has 0 saturated heterocycles. The molecule has 0 radical (unpaired) electrons. The first-order chi connectivity index (χ1) is 13.9. The molecule has 3 N–H and O–H groups in total. The van der Waals surface area contributed by atoms with Gasteiger partial charge in [-0.15, -0.1) is 0 Å². The minimum Gasteiger partial charge on any atom is -0.504 e. The average Bonchev–Trinajstić information content (AvgIpc) is 2.73. The van der Waals surface area contributed by atoms with Gasteiger partial charge in [0.15, 0.2) is 23.0 Å².